The van der Waals surface area contributed by atoms with E-state index in [1.807, 2.05) is 0 Å². The van der Waals surface area contributed by atoms with Gasteiger partial charge in [-0.05, 0) is 18.2 Å². The minimum Gasteiger partial charge on any atom is -0.496 e. The second-order valence-corrected chi connectivity index (χ2v) is 5.14. The summed E-state index contributed by atoms with van der Waals surface area (Å²) in [6, 6.07) is 8.79. The largest absolute Gasteiger partial charge is 0.496 e. The molecule has 23 heavy (non-hydrogen) atoms. The van der Waals surface area contributed by atoms with E-state index in [1.54, 1.807) is 12.1 Å². The summed E-state index contributed by atoms with van der Waals surface area (Å²) >= 11 is 0. The molecule has 6 nitrogen and oxygen atoms in total. The minimum absolute atomic E-state index is 0.0134. The number of amides is 1. The van der Waals surface area contributed by atoms with Gasteiger partial charge in [0.1, 0.15) is 11.6 Å². The van der Waals surface area contributed by atoms with Gasteiger partial charge in [0, 0.05) is 11.6 Å². The van der Waals surface area contributed by atoms with Gasteiger partial charge in [-0.1, -0.05) is 12.1 Å². The van der Waals surface area contributed by atoms with E-state index in [0.717, 1.165) is 0 Å². The number of carbonyl (C=O) groups is 1. The van der Waals surface area contributed by atoms with Crippen LogP contribution in [0.1, 0.15) is 21.5 Å². The van der Waals surface area contributed by atoms with E-state index < -0.39 is 10.7 Å². The number of hydrogen-bond donors (Lipinski definition) is 0. The average Bonchev–Trinajstić information content (AvgIpc) is 2.85. The molecule has 0 spiro atoms. The molecule has 0 aromatic heterocycles. The zero-order chi connectivity index (χ0) is 16.6. The van der Waals surface area contributed by atoms with Gasteiger partial charge in [-0.15, -0.1) is 0 Å². The van der Waals surface area contributed by atoms with Gasteiger partial charge in [0.2, 0.25) is 0 Å². The number of nitrogens with zero attached hydrogens (tertiary/aromatic N) is 2. The van der Waals surface area contributed by atoms with E-state index in [1.165, 1.54) is 36.3 Å². The van der Waals surface area contributed by atoms with Gasteiger partial charge in [0.05, 0.1) is 36.2 Å². The van der Waals surface area contributed by atoms with Crippen molar-refractivity contribution in [3.05, 3.63) is 69.0 Å². The number of halogens is 1. The Hall–Kier alpha value is -2.96. The normalized spacial score (nSPS) is 13.1. The van der Waals surface area contributed by atoms with Crippen molar-refractivity contribution >= 4 is 11.6 Å². The van der Waals surface area contributed by atoms with Crippen LogP contribution in [0.2, 0.25) is 0 Å². The zero-order valence-corrected chi connectivity index (χ0v) is 12.3. The van der Waals surface area contributed by atoms with Gasteiger partial charge in [-0.25, -0.2) is 4.39 Å². The monoisotopic (exact) mass is 316 g/mol. The van der Waals surface area contributed by atoms with Crippen LogP contribution in [0.15, 0.2) is 36.4 Å². The predicted octanol–water partition coefficient (Wildman–Crippen LogP) is 2.90. The standard InChI is InChI=1S/C16H13FN2O4/c1-23-15-7-3-5-13(17)12(15)9-18-8-11-10(16(18)20)4-2-6-14(11)19(21)22/h2-7H,8-9H2,1H3. The fraction of sp³-hybridized carbons (Fsp3) is 0.188. The molecule has 7 heteroatoms. The number of ether oxygens (including phenoxy) is 1. The Kier molecular flexibility index (Phi) is 3.69. The van der Waals surface area contributed by atoms with Gasteiger partial charge >= 0.3 is 0 Å². The molecule has 3 rings (SSSR count). The fourth-order valence-corrected chi connectivity index (χ4v) is 2.75. The molecular formula is C16H13FN2O4. The van der Waals surface area contributed by atoms with Crippen molar-refractivity contribution in [3.8, 4) is 5.75 Å². The maximum Gasteiger partial charge on any atom is 0.275 e. The first kappa shape index (κ1) is 15.0. The summed E-state index contributed by atoms with van der Waals surface area (Å²) in [6.45, 7) is 0.0589. The molecule has 1 heterocycles. The van der Waals surface area contributed by atoms with Crippen molar-refractivity contribution in [2.45, 2.75) is 13.1 Å². The molecule has 0 bridgehead atoms. The van der Waals surface area contributed by atoms with Crippen molar-refractivity contribution < 1.29 is 18.8 Å². The van der Waals surface area contributed by atoms with Crippen molar-refractivity contribution in [2.75, 3.05) is 7.11 Å². The van der Waals surface area contributed by atoms with Gasteiger partial charge in [0.25, 0.3) is 11.6 Å². The average molecular weight is 316 g/mol. The number of nitro groups is 1. The van der Waals surface area contributed by atoms with Crippen LogP contribution in [0.5, 0.6) is 5.75 Å². The summed E-state index contributed by atoms with van der Waals surface area (Å²) in [4.78, 5) is 24.4. The van der Waals surface area contributed by atoms with Crippen LogP contribution in [0.25, 0.3) is 0 Å². The van der Waals surface area contributed by atoms with Crippen molar-refractivity contribution in [2.24, 2.45) is 0 Å². The quantitative estimate of drug-likeness (QED) is 0.642. The molecule has 0 N–H and O–H groups in total. The highest BCUT2D eigenvalue weighted by Crippen LogP contribution is 2.33. The van der Waals surface area contributed by atoms with Crippen LogP contribution in [-0.2, 0) is 13.1 Å². The fourth-order valence-electron chi connectivity index (χ4n) is 2.75. The van der Waals surface area contributed by atoms with Gasteiger partial charge in [-0.2, -0.15) is 0 Å². The van der Waals surface area contributed by atoms with Crippen molar-refractivity contribution in [1.29, 1.82) is 0 Å². The number of rotatable bonds is 4. The Labute approximate surface area is 131 Å². The van der Waals surface area contributed by atoms with Crippen LogP contribution in [0.3, 0.4) is 0 Å². The smallest absolute Gasteiger partial charge is 0.275 e. The summed E-state index contributed by atoms with van der Waals surface area (Å²) in [5, 5.41) is 11.1. The van der Waals surface area contributed by atoms with E-state index in [4.69, 9.17) is 4.74 Å². The highest BCUT2D eigenvalue weighted by Gasteiger charge is 2.33. The van der Waals surface area contributed by atoms with Gasteiger partial charge in [0.15, 0.2) is 0 Å². The Morgan fingerprint density at radius 3 is 2.74 bits per heavy atom. The third-order valence-electron chi connectivity index (χ3n) is 3.86. The number of hydrogen-bond acceptors (Lipinski definition) is 4. The minimum atomic E-state index is -0.515. The topological polar surface area (TPSA) is 72.7 Å². The Bertz CT molecular complexity index is 807. The maximum absolute atomic E-state index is 14.0. The van der Waals surface area contributed by atoms with E-state index >= 15 is 0 Å². The summed E-state index contributed by atoms with van der Waals surface area (Å²) in [5.41, 5.74) is 0.796. The van der Waals surface area contributed by atoms with Crippen LogP contribution in [-0.4, -0.2) is 22.8 Å². The predicted molar refractivity (Wildman–Crippen MR) is 79.6 cm³/mol. The number of fused-ring (bicyclic) bond motifs is 1. The molecule has 1 amide bonds. The number of methoxy groups -OCH3 is 1. The first-order chi connectivity index (χ1) is 11.0. The molecule has 2 aromatic carbocycles. The number of nitro benzene ring substituents is 1. The Morgan fingerprint density at radius 2 is 2.04 bits per heavy atom. The highest BCUT2D eigenvalue weighted by atomic mass is 19.1. The van der Waals surface area contributed by atoms with Gasteiger partial charge < -0.3 is 9.64 Å². The molecule has 0 radical (unpaired) electrons. The van der Waals surface area contributed by atoms with E-state index in [9.17, 15) is 19.3 Å². The second kappa shape index (κ2) is 5.68. The molecule has 2 aromatic rings. The first-order valence-electron chi connectivity index (χ1n) is 6.90. The van der Waals surface area contributed by atoms with Crippen LogP contribution in [0.4, 0.5) is 10.1 Å². The molecule has 1 aliphatic heterocycles. The third kappa shape index (κ3) is 2.50. The summed E-state index contributed by atoms with van der Waals surface area (Å²) in [5.74, 6) is -0.500. The van der Waals surface area contributed by atoms with Crippen LogP contribution in [0, 0.1) is 15.9 Å². The Morgan fingerprint density at radius 1 is 1.30 bits per heavy atom. The van der Waals surface area contributed by atoms with E-state index in [0.29, 0.717) is 11.3 Å². The lowest BCUT2D eigenvalue weighted by molar-refractivity contribution is -0.385. The molecular weight excluding hydrogens is 303 g/mol. The summed E-state index contributed by atoms with van der Waals surface area (Å²) in [7, 11) is 1.42. The van der Waals surface area contributed by atoms with Gasteiger partial charge in [-0.3, -0.25) is 14.9 Å². The molecule has 0 saturated carbocycles. The van der Waals surface area contributed by atoms with E-state index in [2.05, 4.69) is 0 Å². The third-order valence-corrected chi connectivity index (χ3v) is 3.86. The SMILES string of the molecule is COc1cccc(F)c1CN1Cc2c(cccc2[N+](=O)[O-])C1=O. The van der Waals surface area contributed by atoms with Crippen LogP contribution < -0.4 is 4.74 Å². The summed E-state index contributed by atoms with van der Waals surface area (Å²) < 4.78 is 19.2. The summed E-state index contributed by atoms with van der Waals surface area (Å²) in [6.07, 6.45) is 0. The van der Waals surface area contributed by atoms with E-state index in [-0.39, 0.29) is 35.8 Å². The maximum atomic E-state index is 14.0. The van der Waals surface area contributed by atoms with Crippen molar-refractivity contribution in [1.82, 2.24) is 4.90 Å². The Balaban J connectivity index is 1.95. The first-order valence-corrected chi connectivity index (χ1v) is 6.90. The highest BCUT2D eigenvalue weighted by molar-refractivity contribution is 5.99. The molecule has 0 aliphatic carbocycles. The number of benzene rings is 2. The number of carbonyl (C=O) groups excluding carboxylic acids is 1. The second-order valence-electron chi connectivity index (χ2n) is 5.14. The molecule has 118 valence electrons. The lowest BCUT2D eigenvalue weighted by atomic mass is 10.1. The molecule has 0 saturated heterocycles. The lowest BCUT2D eigenvalue weighted by Crippen LogP contribution is -2.24. The van der Waals surface area contributed by atoms with Crippen molar-refractivity contribution in [3.63, 3.8) is 0 Å². The molecule has 0 atom stereocenters. The lowest BCUT2D eigenvalue weighted by Gasteiger charge is -2.18. The zero-order valence-electron chi connectivity index (χ0n) is 12.3. The molecule has 1 aliphatic rings. The molecule has 0 unspecified atom stereocenters. The molecule has 0 fully saturated rings. The van der Waals surface area contributed by atoms with Crippen LogP contribution >= 0.6 is 0 Å².